The van der Waals surface area contributed by atoms with Crippen LogP contribution in [-0.2, 0) is 13.1 Å². The number of rotatable bonds is 7. The largest absolute Gasteiger partial charge is 0.454 e. The van der Waals surface area contributed by atoms with E-state index < -0.39 is 6.61 Å². The van der Waals surface area contributed by atoms with E-state index in [0.717, 1.165) is 4.88 Å². The second-order valence-electron chi connectivity index (χ2n) is 6.09. The van der Waals surface area contributed by atoms with E-state index in [2.05, 4.69) is 25.3 Å². The Bertz CT molecular complexity index is 1030. The van der Waals surface area contributed by atoms with Gasteiger partial charge in [-0.2, -0.15) is 8.78 Å². The van der Waals surface area contributed by atoms with Crippen molar-refractivity contribution in [1.82, 2.24) is 15.6 Å². The van der Waals surface area contributed by atoms with Gasteiger partial charge >= 0.3 is 6.61 Å². The Hall–Kier alpha value is -2.61. The van der Waals surface area contributed by atoms with E-state index in [1.54, 1.807) is 30.7 Å². The molecular formula is C19H19F2IN4O4S. The van der Waals surface area contributed by atoms with E-state index in [0.29, 0.717) is 41.2 Å². The van der Waals surface area contributed by atoms with Gasteiger partial charge in [0.1, 0.15) is 12.0 Å². The van der Waals surface area contributed by atoms with Gasteiger partial charge in [-0.1, -0.05) is 6.07 Å². The summed E-state index contributed by atoms with van der Waals surface area (Å²) in [7, 11) is 1.60. The number of aliphatic imine (C=N–C) groups is 1. The molecule has 3 aromatic rings. The predicted octanol–water partition coefficient (Wildman–Crippen LogP) is 4.22. The Balaban J connectivity index is 0.00000272. The summed E-state index contributed by atoms with van der Waals surface area (Å²) in [6.45, 7) is -2.37. The van der Waals surface area contributed by atoms with Crippen molar-refractivity contribution < 1.29 is 27.4 Å². The van der Waals surface area contributed by atoms with Crippen LogP contribution in [0.2, 0.25) is 0 Å². The minimum atomic E-state index is -2.95. The van der Waals surface area contributed by atoms with E-state index >= 15 is 0 Å². The van der Waals surface area contributed by atoms with Crippen LogP contribution >= 0.6 is 35.3 Å². The molecule has 1 aromatic carbocycles. The quantitative estimate of drug-likeness (QED) is 0.253. The third-order valence-corrected chi connectivity index (χ3v) is 5.02. The molecule has 0 spiro atoms. The van der Waals surface area contributed by atoms with Crippen molar-refractivity contribution >= 4 is 41.3 Å². The molecule has 2 N–H and O–H groups in total. The third kappa shape index (κ3) is 5.76. The van der Waals surface area contributed by atoms with Crippen LogP contribution in [0.15, 0.2) is 45.3 Å². The van der Waals surface area contributed by atoms with Crippen molar-refractivity contribution in [1.29, 1.82) is 0 Å². The fourth-order valence-electron chi connectivity index (χ4n) is 2.78. The topological polar surface area (TPSA) is 90.1 Å². The van der Waals surface area contributed by atoms with E-state index in [1.807, 2.05) is 17.5 Å². The summed E-state index contributed by atoms with van der Waals surface area (Å²) in [4.78, 5) is 9.50. The number of nitrogens with one attached hydrogen (secondary N) is 2. The number of halogens is 3. The fraction of sp³-hybridized carbons (Fsp3) is 0.263. The van der Waals surface area contributed by atoms with Crippen LogP contribution in [0.25, 0.3) is 10.8 Å². The first-order valence-electron chi connectivity index (χ1n) is 8.92. The number of hydrogen-bond acceptors (Lipinski definition) is 7. The molecule has 0 radical (unpaired) electrons. The molecule has 0 amide bonds. The number of thiophene rings is 1. The smallest absolute Gasteiger partial charge is 0.387 e. The number of guanidine groups is 1. The molecule has 1 aliphatic rings. The van der Waals surface area contributed by atoms with Crippen LogP contribution in [0, 0.1) is 0 Å². The first-order valence-corrected chi connectivity index (χ1v) is 9.80. The highest BCUT2D eigenvalue weighted by molar-refractivity contribution is 14.0. The lowest BCUT2D eigenvalue weighted by atomic mass is 10.1. The van der Waals surface area contributed by atoms with Crippen LogP contribution in [0.5, 0.6) is 17.2 Å². The summed E-state index contributed by atoms with van der Waals surface area (Å²) in [6.07, 6.45) is 1.57. The molecule has 0 bridgehead atoms. The van der Waals surface area contributed by atoms with Crippen molar-refractivity contribution in [2.45, 2.75) is 19.7 Å². The first-order chi connectivity index (χ1) is 14.6. The van der Waals surface area contributed by atoms with Gasteiger partial charge in [0.25, 0.3) is 0 Å². The zero-order valence-electron chi connectivity index (χ0n) is 16.3. The Kier molecular flexibility index (Phi) is 7.90. The normalized spacial score (nSPS) is 12.6. The Morgan fingerprint density at radius 1 is 1.26 bits per heavy atom. The first kappa shape index (κ1) is 23.1. The molecule has 0 saturated heterocycles. The molecule has 3 heterocycles. The number of hydrogen-bond donors (Lipinski definition) is 2. The number of nitrogens with zero attached hydrogens (tertiary/aromatic N) is 2. The summed E-state index contributed by atoms with van der Waals surface area (Å²) in [5.74, 6) is 1.86. The van der Waals surface area contributed by atoms with E-state index in [-0.39, 0.29) is 43.1 Å². The van der Waals surface area contributed by atoms with Crippen molar-refractivity contribution in [2.75, 3.05) is 13.8 Å². The van der Waals surface area contributed by atoms with Crippen LogP contribution in [-0.4, -0.2) is 31.4 Å². The molecule has 166 valence electrons. The summed E-state index contributed by atoms with van der Waals surface area (Å²) in [6, 6.07) is 6.85. The van der Waals surface area contributed by atoms with Gasteiger partial charge in [0.05, 0.1) is 17.1 Å². The van der Waals surface area contributed by atoms with Gasteiger partial charge < -0.3 is 29.3 Å². The predicted molar refractivity (Wildman–Crippen MR) is 121 cm³/mol. The van der Waals surface area contributed by atoms with Crippen LogP contribution in [0.1, 0.15) is 11.3 Å². The minimum absolute atomic E-state index is 0. The molecule has 1 aliphatic heterocycles. The van der Waals surface area contributed by atoms with Gasteiger partial charge in [-0.3, -0.25) is 4.99 Å². The highest BCUT2D eigenvalue weighted by Gasteiger charge is 2.20. The van der Waals surface area contributed by atoms with Gasteiger partial charge in [0, 0.05) is 25.2 Å². The van der Waals surface area contributed by atoms with Gasteiger partial charge in [0.2, 0.25) is 12.7 Å². The van der Waals surface area contributed by atoms with Gasteiger partial charge in [-0.25, -0.2) is 4.98 Å². The van der Waals surface area contributed by atoms with Crippen LogP contribution < -0.4 is 24.8 Å². The molecule has 12 heteroatoms. The standard InChI is InChI=1S/C19H18F2N4O4S.HI/c1-22-19(24-8-12-9-26-17(25-12)16-3-2-4-30-16)23-7-11-5-14-15(28-10-27-14)6-13(11)29-18(20)21;/h2-6,9,18H,7-8,10H2,1H3,(H2,22,23,24);1H. The molecule has 2 aromatic heterocycles. The molecule has 0 fully saturated rings. The summed E-state index contributed by atoms with van der Waals surface area (Å²) >= 11 is 1.54. The highest BCUT2D eigenvalue weighted by atomic mass is 127. The molecule has 0 aliphatic carbocycles. The van der Waals surface area contributed by atoms with E-state index in [1.165, 1.54) is 6.07 Å². The maximum atomic E-state index is 12.8. The second-order valence-corrected chi connectivity index (χ2v) is 7.04. The second kappa shape index (κ2) is 10.6. The minimum Gasteiger partial charge on any atom is -0.454 e. The maximum absolute atomic E-state index is 12.8. The van der Waals surface area contributed by atoms with E-state index in [9.17, 15) is 8.78 Å². The summed E-state index contributed by atoms with van der Waals surface area (Å²) in [5, 5.41) is 8.11. The lowest BCUT2D eigenvalue weighted by Crippen LogP contribution is -2.36. The molecule has 31 heavy (non-hydrogen) atoms. The molecule has 0 saturated carbocycles. The van der Waals surface area contributed by atoms with Crippen molar-refractivity contribution in [3.8, 4) is 28.0 Å². The Labute approximate surface area is 197 Å². The highest BCUT2D eigenvalue weighted by Crippen LogP contribution is 2.38. The van der Waals surface area contributed by atoms with Crippen LogP contribution in [0.4, 0.5) is 8.78 Å². The maximum Gasteiger partial charge on any atom is 0.387 e. The molecule has 8 nitrogen and oxygen atoms in total. The zero-order valence-corrected chi connectivity index (χ0v) is 19.4. The lowest BCUT2D eigenvalue weighted by molar-refractivity contribution is -0.0505. The van der Waals surface area contributed by atoms with Crippen molar-refractivity contribution in [3.05, 3.63) is 47.2 Å². The number of oxazole rings is 1. The van der Waals surface area contributed by atoms with Gasteiger partial charge in [0.15, 0.2) is 17.5 Å². The molecular weight excluding hydrogens is 545 g/mol. The monoisotopic (exact) mass is 564 g/mol. The summed E-state index contributed by atoms with van der Waals surface area (Å²) in [5.41, 5.74) is 1.18. The lowest BCUT2D eigenvalue weighted by Gasteiger charge is -2.15. The SMILES string of the molecule is CN=C(NCc1coc(-c2cccs2)n1)NCc1cc2c(cc1OC(F)F)OCO2.I. The van der Waals surface area contributed by atoms with E-state index in [4.69, 9.17) is 13.9 Å². The number of alkyl halides is 2. The Morgan fingerprint density at radius 3 is 2.74 bits per heavy atom. The van der Waals surface area contributed by atoms with Gasteiger partial charge in [-0.05, 0) is 17.5 Å². The molecule has 0 unspecified atom stereocenters. The summed E-state index contributed by atoms with van der Waals surface area (Å²) < 4.78 is 46.2. The zero-order chi connectivity index (χ0) is 20.9. The third-order valence-electron chi connectivity index (χ3n) is 4.16. The van der Waals surface area contributed by atoms with Crippen LogP contribution in [0.3, 0.4) is 0 Å². The van der Waals surface area contributed by atoms with Crippen molar-refractivity contribution in [2.24, 2.45) is 4.99 Å². The average Bonchev–Trinajstić information content (AvgIpc) is 3.48. The molecule has 4 rings (SSSR count). The number of benzene rings is 1. The Morgan fingerprint density at radius 2 is 2.03 bits per heavy atom. The average molecular weight is 564 g/mol. The fourth-order valence-corrected chi connectivity index (χ4v) is 3.44. The number of aromatic nitrogens is 1. The van der Waals surface area contributed by atoms with Crippen molar-refractivity contribution in [3.63, 3.8) is 0 Å². The number of ether oxygens (including phenoxy) is 3. The van der Waals surface area contributed by atoms with Gasteiger partial charge in [-0.15, -0.1) is 35.3 Å². The number of fused-ring (bicyclic) bond motifs is 1. The molecule has 0 atom stereocenters.